The van der Waals surface area contributed by atoms with Crippen LogP contribution < -0.4 is 5.32 Å². The van der Waals surface area contributed by atoms with Gasteiger partial charge in [0.1, 0.15) is 6.23 Å². The van der Waals surface area contributed by atoms with Gasteiger partial charge < -0.3 is 15.2 Å². The number of amides is 1. The van der Waals surface area contributed by atoms with Crippen molar-refractivity contribution >= 4 is 5.91 Å². The number of methoxy groups -OCH3 is 1. The predicted molar refractivity (Wildman–Crippen MR) is 34.2 cm³/mol. The Morgan fingerprint density at radius 1 is 1.80 bits per heavy atom. The molecule has 0 bridgehead atoms. The Labute approximate surface area is 59.2 Å². The first-order valence-electron chi connectivity index (χ1n) is 3.22. The highest BCUT2D eigenvalue weighted by Gasteiger charge is 2.24. The Balaban J connectivity index is 2.42. The molecule has 1 amide bonds. The Hall–Kier alpha value is -0.610. The zero-order valence-corrected chi connectivity index (χ0v) is 5.83. The summed E-state index contributed by atoms with van der Waals surface area (Å²) in [6, 6.07) is 0. The fourth-order valence-electron chi connectivity index (χ4n) is 0.997. The SMILES string of the molecule is CO[C@@H]1C[C@H](O)CC(=O)N1. The molecule has 4 nitrogen and oxygen atoms in total. The average Bonchev–Trinajstić information content (AvgIpc) is 1.85. The second-order valence-electron chi connectivity index (χ2n) is 2.39. The van der Waals surface area contributed by atoms with Crippen LogP contribution in [0.3, 0.4) is 0 Å². The van der Waals surface area contributed by atoms with Crippen LogP contribution in [0, 0.1) is 0 Å². The number of hydrogen-bond donors (Lipinski definition) is 2. The summed E-state index contributed by atoms with van der Waals surface area (Å²) in [5.74, 6) is -0.148. The van der Waals surface area contributed by atoms with Crippen molar-refractivity contribution < 1.29 is 14.6 Å². The molecule has 4 heteroatoms. The zero-order valence-electron chi connectivity index (χ0n) is 5.83. The molecule has 0 unspecified atom stereocenters. The minimum atomic E-state index is -0.543. The summed E-state index contributed by atoms with van der Waals surface area (Å²) in [7, 11) is 1.50. The van der Waals surface area contributed by atoms with Crippen molar-refractivity contribution in [1.29, 1.82) is 0 Å². The van der Waals surface area contributed by atoms with Crippen molar-refractivity contribution in [3.05, 3.63) is 0 Å². The fourth-order valence-corrected chi connectivity index (χ4v) is 0.997. The van der Waals surface area contributed by atoms with Gasteiger partial charge in [0.2, 0.25) is 5.91 Å². The minimum Gasteiger partial charge on any atom is -0.392 e. The van der Waals surface area contributed by atoms with E-state index in [1.807, 2.05) is 0 Å². The average molecular weight is 145 g/mol. The molecule has 10 heavy (non-hydrogen) atoms. The van der Waals surface area contributed by atoms with Gasteiger partial charge in [0.15, 0.2) is 0 Å². The molecule has 2 N–H and O–H groups in total. The van der Waals surface area contributed by atoms with Crippen molar-refractivity contribution in [3.63, 3.8) is 0 Å². The van der Waals surface area contributed by atoms with E-state index in [0.29, 0.717) is 6.42 Å². The van der Waals surface area contributed by atoms with Crippen LogP contribution in [0.15, 0.2) is 0 Å². The van der Waals surface area contributed by atoms with E-state index in [2.05, 4.69) is 5.32 Å². The third kappa shape index (κ3) is 1.68. The van der Waals surface area contributed by atoms with Gasteiger partial charge in [0, 0.05) is 13.5 Å². The third-order valence-electron chi connectivity index (χ3n) is 1.51. The van der Waals surface area contributed by atoms with E-state index in [1.165, 1.54) is 7.11 Å². The number of hydrogen-bond acceptors (Lipinski definition) is 3. The van der Waals surface area contributed by atoms with E-state index in [9.17, 15) is 4.79 Å². The van der Waals surface area contributed by atoms with E-state index >= 15 is 0 Å². The molecule has 1 aliphatic heterocycles. The predicted octanol–water partition coefficient (Wildman–Crippen LogP) is -0.770. The van der Waals surface area contributed by atoms with Crippen LogP contribution in [0.25, 0.3) is 0 Å². The van der Waals surface area contributed by atoms with Crippen molar-refractivity contribution in [2.75, 3.05) is 7.11 Å². The van der Waals surface area contributed by atoms with Crippen LogP contribution in [0.1, 0.15) is 12.8 Å². The molecule has 0 aromatic carbocycles. The van der Waals surface area contributed by atoms with E-state index in [-0.39, 0.29) is 18.6 Å². The van der Waals surface area contributed by atoms with E-state index < -0.39 is 6.10 Å². The molecule has 0 spiro atoms. The monoisotopic (exact) mass is 145 g/mol. The Morgan fingerprint density at radius 3 is 3.00 bits per heavy atom. The Bertz CT molecular complexity index is 137. The molecule has 1 heterocycles. The summed E-state index contributed by atoms with van der Waals surface area (Å²) in [4.78, 5) is 10.7. The highest BCUT2D eigenvalue weighted by Crippen LogP contribution is 2.08. The first-order chi connectivity index (χ1) is 4.72. The van der Waals surface area contributed by atoms with Gasteiger partial charge in [0.05, 0.1) is 12.5 Å². The standard InChI is InChI=1S/C6H11NO3/c1-10-6-3-4(8)2-5(9)7-6/h4,6,8H,2-3H2,1H3,(H,7,9)/t4-,6-/m1/s1. The van der Waals surface area contributed by atoms with Crippen LogP contribution in [0.2, 0.25) is 0 Å². The molecule has 0 aromatic heterocycles. The van der Waals surface area contributed by atoms with Gasteiger partial charge in [-0.2, -0.15) is 0 Å². The summed E-state index contributed by atoms with van der Waals surface area (Å²) in [5.41, 5.74) is 0. The summed E-state index contributed by atoms with van der Waals surface area (Å²) in [6.45, 7) is 0. The molecule has 1 rings (SSSR count). The van der Waals surface area contributed by atoms with Crippen LogP contribution in [0.4, 0.5) is 0 Å². The van der Waals surface area contributed by atoms with Crippen LogP contribution in [-0.2, 0) is 9.53 Å². The maximum absolute atomic E-state index is 10.7. The number of carbonyl (C=O) groups excluding carboxylic acids is 1. The number of aliphatic hydroxyl groups excluding tert-OH is 1. The second-order valence-corrected chi connectivity index (χ2v) is 2.39. The number of piperidine rings is 1. The first-order valence-corrected chi connectivity index (χ1v) is 3.22. The van der Waals surface area contributed by atoms with Gasteiger partial charge in [-0.3, -0.25) is 4.79 Å². The molecule has 1 fully saturated rings. The van der Waals surface area contributed by atoms with E-state index in [0.717, 1.165) is 0 Å². The Morgan fingerprint density at radius 2 is 2.50 bits per heavy atom. The lowest BCUT2D eigenvalue weighted by Crippen LogP contribution is -2.45. The minimum absolute atomic E-state index is 0.148. The van der Waals surface area contributed by atoms with E-state index in [4.69, 9.17) is 9.84 Å². The van der Waals surface area contributed by atoms with Crippen LogP contribution in [0.5, 0.6) is 0 Å². The number of nitrogens with one attached hydrogen (secondary N) is 1. The number of carbonyl (C=O) groups is 1. The van der Waals surface area contributed by atoms with Gasteiger partial charge in [-0.25, -0.2) is 0 Å². The van der Waals surface area contributed by atoms with Gasteiger partial charge in [-0.15, -0.1) is 0 Å². The third-order valence-corrected chi connectivity index (χ3v) is 1.51. The smallest absolute Gasteiger partial charge is 0.224 e. The van der Waals surface area contributed by atoms with Crippen LogP contribution in [-0.4, -0.2) is 30.5 Å². The van der Waals surface area contributed by atoms with Gasteiger partial charge in [-0.1, -0.05) is 0 Å². The molecule has 0 radical (unpaired) electrons. The number of ether oxygens (including phenoxy) is 1. The number of rotatable bonds is 1. The molecule has 1 aliphatic rings. The van der Waals surface area contributed by atoms with Crippen LogP contribution >= 0.6 is 0 Å². The summed E-state index contributed by atoms with van der Waals surface area (Å²) in [6.07, 6.45) is -0.169. The summed E-state index contributed by atoms with van der Waals surface area (Å²) in [5, 5.41) is 11.6. The molecule has 0 aliphatic carbocycles. The summed E-state index contributed by atoms with van der Waals surface area (Å²) < 4.78 is 4.84. The zero-order chi connectivity index (χ0) is 7.56. The van der Waals surface area contributed by atoms with Gasteiger partial charge in [-0.05, 0) is 0 Å². The lowest BCUT2D eigenvalue weighted by atomic mass is 10.1. The van der Waals surface area contributed by atoms with Crippen molar-refractivity contribution in [2.45, 2.75) is 25.2 Å². The molecule has 2 atom stereocenters. The normalized spacial score (nSPS) is 33.6. The molecule has 0 saturated carbocycles. The second kappa shape index (κ2) is 2.98. The topological polar surface area (TPSA) is 58.6 Å². The van der Waals surface area contributed by atoms with Crippen molar-refractivity contribution in [2.24, 2.45) is 0 Å². The van der Waals surface area contributed by atoms with Gasteiger partial charge in [0.25, 0.3) is 0 Å². The maximum atomic E-state index is 10.7. The molecule has 1 saturated heterocycles. The fraction of sp³-hybridized carbons (Fsp3) is 0.833. The lowest BCUT2D eigenvalue weighted by molar-refractivity contribution is -0.132. The first kappa shape index (κ1) is 7.50. The van der Waals surface area contributed by atoms with E-state index in [1.54, 1.807) is 0 Å². The molecular weight excluding hydrogens is 134 g/mol. The maximum Gasteiger partial charge on any atom is 0.224 e. The molecule has 58 valence electrons. The quantitative estimate of drug-likeness (QED) is 0.509. The highest BCUT2D eigenvalue weighted by atomic mass is 16.5. The van der Waals surface area contributed by atoms with Gasteiger partial charge >= 0.3 is 0 Å². The molecular formula is C6H11NO3. The number of aliphatic hydroxyl groups is 1. The highest BCUT2D eigenvalue weighted by molar-refractivity contribution is 5.77. The molecule has 0 aromatic rings. The summed E-state index contributed by atoms with van der Waals surface area (Å²) >= 11 is 0. The lowest BCUT2D eigenvalue weighted by Gasteiger charge is -2.25. The Kier molecular flexibility index (Phi) is 2.24. The van der Waals surface area contributed by atoms with Crippen molar-refractivity contribution in [1.82, 2.24) is 5.32 Å². The van der Waals surface area contributed by atoms with Crippen molar-refractivity contribution in [3.8, 4) is 0 Å². The largest absolute Gasteiger partial charge is 0.392 e.